The Kier molecular flexibility index (Phi) is 9.58. The van der Waals surface area contributed by atoms with Crippen molar-refractivity contribution in [3.63, 3.8) is 0 Å². The van der Waals surface area contributed by atoms with Crippen LogP contribution in [0.15, 0.2) is 42.5 Å². The molecule has 162 valence electrons. The van der Waals surface area contributed by atoms with Gasteiger partial charge in [0.2, 0.25) is 0 Å². The number of esters is 1. The van der Waals surface area contributed by atoms with E-state index in [0.717, 1.165) is 11.1 Å². The van der Waals surface area contributed by atoms with E-state index in [1.54, 1.807) is 0 Å². The molecule has 0 spiro atoms. The number of benzene rings is 2. The lowest BCUT2D eigenvalue weighted by Gasteiger charge is -2.23. The Balaban J connectivity index is 0.00000218. The SMILES string of the molecule is Cc1cc(C(C)(C)C)cc(C)c1C(=O)C(C(=O)OCC(C)C)c1ccccc1.O=[PH2+]. The maximum absolute atomic E-state index is 13.5. The molecular weight excluding hydrogens is 395 g/mol. The largest absolute Gasteiger partial charge is 0.465 e. The van der Waals surface area contributed by atoms with Crippen LogP contribution < -0.4 is 0 Å². The van der Waals surface area contributed by atoms with Crippen molar-refractivity contribution >= 4 is 20.9 Å². The third kappa shape index (κ3) is 6.60. The van der Waals surface area contributed by atoms with Crippen LogP contribution in [-0.2, 0) is 19.5 Å². The fraction of sp³-hybridized carbons (Fsp3) is 0.440. The molecule has 30 heavy (non-hydrogen) atoms. The molecule has 2 aromatic rings. The summed E-state index contributed by atoms with van der Waals surface area (Å²) in [6.07, 6.45) is 0. The Labute approximate surface area is 182 Å². The first-order valence-corrected chi connectivity index (χ1v) is 10.6. The van der Waals surface area contributed by atoms with E-state index in [0.29, 0.717) is 17.7 Å². The Hall–Kier alpha value is -2.32. The van der Waals surface area contributed by atoms with Crippen molar-refractivity contribution < 1.29 is 18.9 Å². The van der Waals surface area contributed by atoms with Gasteiger partial charge < -0.3 is 4.74 Å². The Bertz CT molecular complexity index is 843. The summed E-state index contributed by atoms with van der Waals surface area (Å²) >= 11 is 0. The van der Waals surface area contributed by atoms with E-state index in [-0.39, 0.29) is 17.1 Å². The first kappa shape index (κ1) is 25.7. The zero-order valence-electron chi connectivity index (χ0n) is 19.1. The van der Waals surface area contributed by atoms with Crippen LogP contribution in [0.25, 0.3) is 0 Å². The van der Waals surface area contributed by atoms with Crippen LogP contribution in [-0.4, -0.2) is 18.4 Å². The smallest absolute Gasteiger partial charge is 0.321 e. The van der Waals surface area contributed by atoms with E-state index in [4.69, 9.17) is 9.30 Å². The third-order valence-corrected chi connectivity index (χ3v) is 4.83. The molecule has 2 aromatic carbocycles. The van der Waals surface area contributed by atoms with Gasteiger partial charge in [-0.25, -0.2) is 0 Å². The predicted octanol–water partition coefficient (Wildman–Crippen LogP) is 5.97. The van der Waals surface area contributed by atoms with Crippen molar-refractivity contribution in [2.75, 3.05) is 6.61 Å². The summed E-state index contributed by atoms with van der Waals surface area (Å²) in [6, 6.07) is 13.3. The number of rotatable bonds is 6. The Morgan fingerprint density at radius 3 is 1.90 bits per heavy atom. The second-order valence-corrected chi connectivity index (χ2v) is 8.97. The highest BCUT2D eigenvalue weighted by atomic mass is 31.0. The highest BCUT2D eigenvalue weighted by molar-refractivity contribution is 7.00. The average Bonchev–Trinajstić information content (AvgIpc) is 2.67. The minimum Gasteiger partial charge on any atom is -0.465 e. The molecular formula is C25H34O4P+. The van der Waals surface area contributed by atoms with Crippen LogP contribution in [0.5, 0.6) is 0 Å². The summed E-state index contributed by atoms with van der Waals surface area (Å²) in [5.74, 6) is -1.41. The number of carbonyl (C=O) groups excluding carboxylic acids is 2. The first-order valence-electron chi connectivity index (χ1n) is 10.1. The number of hydrogen-bond acceptors (Lipinski definition) is 4. The van der Waals surface area contributed by atoms with E-state index >= 15 is 0 Å². The quantitative estimate of drug-likeness (QED) is 0.245. The number of ether oxygens (including phenoxy) is 1. The highest BCUT2D eigenvalue weighted by Gasteiger charge is 2.33. The van der Waals surface area contributed by atoms with Crippen LogP contribution in [0.2, 0.25) is 0 Å². The molecule has 0 saturated carbocycles. The van der Waals surface area contributed by atoms with Crippen LogP contribution in [0.3, 0.4) is 0 Å². The molecule has 0 aliphatic rings. The van der Waals surface area contributed by atoms with Crippen molar-refractivity contribution in [2.24, 2.45) is 5.92 Å². The molecule has 2 atom stereocenters. The van der Waals surface area contributed by atoms with Crippen molar-refractivity contribution in [2.45, 2.75) is 59.8 Å². The average molecular weight is 430 g/mol. The molecule has 0 saturated heterocycles. The lowest BCUT2D eigenvalue weighted by molar-refractivity contribution is -0.145. The number of carbonyl (C=O) groups is 2. The molecule has 0 bridgehead atoms. The number of aryl methyl sites for hydroxylation is 2. The third-order valence-electron chi connectivity index (χ3n) is 4.83. The van der Waals surface area contributed by atoms with Crippen molar-refractivity contribution in [1.82, 2.24) is 0 Å². The first-order chi connectivity index (χ1) is 14.0. The Morgan fingerprint density at radius 2 is 1.47 bits per heavy atom. The molecule has 2 rings (SSSR count). The van der Waals surface area contributed by atoms with Gasteiger partial charge in [-0.15, -0.1) is 0 Å². The van der Waals surface area contributed by atoms with Crippen molar-refractivity contribution in [1.29, 1.82) is 0 Å². The normalized spacial score (nSPS) is 12.0. The van der Waals surface area contributed by atoms with Crippen LogP contribution in [0.4, 0.5) is 0 Å². The number of ketones is 1. The molecule has 0 aliphatic heterocycles. The van der Waals surface area contributed by atoms with Gasteiger partial charge in [-0.2, -0.15) is 0 Å². The fourth-order valence-corrected chi connectivity index (χ4v) is 3.30. The lowest BCUT2D eigenvalue weighted by Crippen LogP contribution is -2.27. The maximum Gasteiger partial charge on any atom is 0.321 e. The van der Waals surface area contributed by atoms with Gasteiger partial charge in [0.25, 0.3) is 0 Å². The van der Waals surface area contributed by atoms with E-state index in [1.807, 2.05) is 58.0 Å². The van der Waals surface area contributed by atoms with Gasteiger partial charge >= 0.3 is 15.1 Å². The summed E-state index contributed by atoms with van der Waals surface area (Å²) in [6.45, 7) is 14.6. The van der Waals surface area contributed by atoms with E-state index < -0.39 is 11.9 Å². The van der Waals surface area contributed by atoms with E-state index in [9.17, 15) is 9.59 Å². The monoisotopic (exact) mass is 429 g/mol. The Morgan fingerprint density at radius 1 is 0.967 bits per heavy atom. The summed E-state index contributed by atoms with van der Waals surface area (Å²) in [5, 5.41) is 0. The zero-order chi connectivity index (χ0) is 23.1. The molecule has 0 fully saturated rings. The predicted molar refractivity (Wildman–Crippen MR) is 124 cm³/mol. The summed E-state index contributed by atoms with van der Waals surface area (Å²) in [7, 11) is 1.17. The number of hydrogen-bond donors (Lipinski definition) is 0. The van der Waals surface area contributed by atoms with Gasteiger partial charge in [0.15, 0.2) is 5.78 Å². The molecule has 0 N–H and O–H groups in total. The molecule has 0 amide bonds. The summed E-state index contributed by atoms with van der Waals surface area (Å²) in [5.41, 5.74) is 4.24. The van der Waals surface area contributed by atoms with Gasteiger partial charge in [-0.05, 0) is 47.4 Å². The van der Waals surface area contributed by atoms with Crippen LogP contribution >= 0.6 is 9.12 Å². The van der Waals surface area contributed by atoms with Gasteiger partial charge in [-0.3, -0.25) is 9.59 Å². The van der Waals surface area contributed by atoms with E-state index in [1.165, 1.54) is 14.7 Å². The highest BCUT2D eigenvalue weighted by Crippen LogP contribution is 2.31. The van der Waals surface area contributed by atoms with Gasteiger partial charge in [0.05, 0.1) is 6.61 Å². The van der Waals surface area contributed by atoms with Gasteiger partial charge in [-0.1, -0.05) is 81.6 Å². The van der Waals surface area contributed by atoms with Gasteiger partial charge in [0.1, 0.15) is 5.92 Å². The number of Topliss-reactive ketones (excluding diaryl/α,β-unsaturated/α-hetero) is 1. The molecule has 0 heterocycles. The zero-order valence-corrected chi connectivity index (χ0v) is 20.3. The molecule has 5 heteroatoms. The van der Waals surface area contributed by atoms with E-state index in [2.05, 4.69) is 32.9 Å². The summed E-state index contributed by atoms with van der Waals surface area (Å²) in [4.78, 5) is 26.4. The van der Waals surface area contributed by atoms with Gasteiger partial charge in [0, 0.05) is 5.56 Å². The molecule has 0 aromatic heterocycles. The molecule has 2 unspecified atom stereocenters. The topological polar surface area (TPSA) is 60.4 Å². The van der Waals surface area contributed by atoms with Crippen molar-refractivity contribution in [3.05, 3.63) is 70.3 Å². The standard InChI is InChI=1S/C25H32O3.H2OP/c1-16(2)15-28-24(27)22(19-11-9-8-10-12-19)23(26)21-17(3)13-20(14-18(21)4)25(5,6)7;1-2/h8-14,16,22H,15H2,1-7H3;2H2/q;+1. The van der Waals surface area contributed by atoms with Crippen molar-refractivity contribution in [3.8, 4) is 0 Å². The lowest BCUT2D eigenvalue weighted by atomic mass is 9.81. The van der Waals surface area contributed by atoms with Crippen LogP contribution in [0.1, 0.15) is 73.1 Å². The molecule has 4 nitrogen and oxygen atoms in total. The maximum atomic E-state index is 13.5. The van der Waals surface area contributed by atoms with Crippen LogP contribution in [0, 0.1) is 19.8 Å². The minimum absolute atomic E-state index is 0.00781. The molecule has 0 radical (unpaired) electrons. The summed E-state index contributed by atoms with van der Waals surface area (Å²) < 4.78 is 13.6. The second-order valence-electron chi connectivity index (χ2n) is 8.97. The fourth-order valence-electron chi connectivity index (χ4n) is 3.30. The minimum atomic E-state index is -0.946. The molecule has 0 aliphatic carbocycles. The second kappa shape index (κ2) is 11.2.